The lowest BCUT2D eigenvalue weighted by Gasteiger charge is -2.32. The number of benzene rings is 3. The van der Waals surface area contributed by atoms with Crippen LogP contribution in [0.4, 0.5) is 0 Å². The van der Waals surface area contributed by atoms with E-state index in [1.807, 2.05) is 72.8 Å². The summed E-state index contributed by atoms with van der Waals surface area (Å²) in [7, 11) is 1.61. The summed E-state index contributed by atoms with van der Waals surface area (Å²) in [5.74, 6) is 0.387. The molecule has 0 bridgehead atoms. The molecule has 0 aliphatic rings. The van der Waals surface area contributed by atoms with Gasteiger partial charge < -0.3 is 15.0 Å². The summed E-state index contributed by atoms with van der Waals surface area (Å²) in [6, 6.07) is 24.0. The lowest BCUT2D eigenvalue weighted by molar-refractivity contribution is -0.140. The molecule has 0 saturated heterocycles. The Morgan fingerprint density at radius 3 is 2.40 bits per heavy atom. The summed E-state index contributed by atoms with van der Waals surface area (Å²) < 4.78 is 5.38. The van der Waals surface area contributed by atoms with Gasteiger partial charge in [0.2, 0.25) is 11.8 Å². The van der Waals surface area contributed by atoms with Crippen molar-refractivity contribution in [2.45, 2.75) is 45.2 Å². The van der Waals surface area contributed by atoms with Crippen LogP contribution in [0, 0.1) is 0 Å². The fourth-order valence-corrected chi connectivity index (χ4v) is 4.14. The number of hydrogen-bond donors (Lipinski definition) is 1. The molecule has 1 N–H and O–H groups in total. The average molecular weight is 493 g/mol. The second-order valence-electron chi connectivity index (χ2n) is 8.49. The summed E-state index contributed by atoms with van der Waals surface area (Å²) in [4.78, 5) is 28.9. The molecule has 3 rings (SSSR count). The first-order chi connectivity index (χ1) is 17.0. The molecule has 0 aromatic heterocycles. The third-order valence-electron chi connectivity index (χ3n) is 5.89. The Hall–Kier alpha value is -3.31. The molecule has 5 nitrogen and oxygen atoms in total. The predicted octanol–water partition coefficient (Wildman–Crippen LogP) is 5.45. The van der Waals surface area contributed by atoms with Crippen LogP contribution < -0.4 is 10.1 Å². The minimum absolute atomic E-state index is 0.108. The van der Waals surface area contributed by atoms with Crippen molar-refractivity contribution >= 4 is 23.4 Å². The van der Waals surface area contributed by atoms with Gasteiger partial charge in [0.1, 0.15) is 11.8 Å². The highest BCUT2D eigenvalue weighted by molar-refractivity contribution is 6.31. The van der Waals surface area contributed by atoms with Gasteiger partial charge in [0.15, 0.2) is 0 Å². The van der Waals surface area contributed by atoms with Crippen LogP contribution in [0.25, 0.3) is 0 Å². The van der Waals surface area contributed by atoms with E-state index >= 15 is 0 Å². The number of nitrogens with zero attached hydrogens (tertiary/aromatic N) is 1. The number of hydrogen-bond acceptors (Lipinski definition) is 3. The second kappa shape index (κ2) is 13.5. The van der Waals surface area contributed by atoms with E-state index in [4.69, 9.17) is 16.3 Å². The zero-order valence-electron chi connectivity index (χ0n) is 20.4. The molecule has 0 saturated carbocycles. The predicted molar refractivity (Wildman–Crippen MR) is 141 cm³/mol. The molecule has 3 aromatic rings. The van der Waals surface area contributed by atoms with Crippen LogP contribution in [-0.2, 0) is 29.0 Å². The quantitative estimate of drug-likeness (QED) is 0.342. The van der Waals surface area contributed by atoms with E-state index in [0.717, 1.165) is 29.5 Å². The van der Waals surface area contributed by atoms with Crippen molar-refractivity contribution in [2.75, 3.05) is 13.7 Å². The first-order valence-electron chi connectivity index (χ1n) is 12.0. The van der Waals surface area contributed by atoms with Crippen LogP contribution in [0.5, 0.6) is 5.75 Å². The summed E-state index contributed by atoms with van der Waals surface area (Å²) in [5.41, 5.74) is 2.61. The third kappa shape index (κ3) is 7.86. The minimum atomic E-state index is -0.671. The van der Waals surface area contributed by atoms with E-state index in [-0.39, 0.29) is 24.8 Å². The van der Waals surface area contributed by atoms with Gasteiger partial charge in [-0.2, -0.15) is 0 Å². The number of methoxy groups -OCH3 is 1. The molecule has 6 heteroatoms. The number of nitrogens with one attached hydrogen (secondary N) is 1. The van der Waals surface area contributed by atoms with Gasteiger partial charge >= 0.3 is 0 Å². The fourth-order valence-electron chi connectivity index (χ4n) is 3.93. The molecular weight excluding hydrogens is 460 g/mol. The van der Waals surface area contributed by atoms with Crippen molar-refractivity contribution in [3.63, 3.8) is 0 Å². The molecule has 2 amide bonds. The summed E-state index contributed by atoms with van der Waals surface area (Å²) in [5, 5.41) is 3.58. The summed E-state index contributed by atoms with van der Waals surface area (Å²) >= 11 is 6.36. The largest absolute Gasteiger partial charge is 0.497 e. The number of rotatable bonds is 12. The topological polar surface area (TPSA) is 58.6 Å². The van der Waals surface area contributed by atoms with Crippen LogP contribution >= 0.6 is 11.6 Å². The van der Waals surface area contributed by atoms with E-state index in [9.17, 15) is 9.59 Å². The van der Waals surface area contributed by atoms with Crippen molar-refractivity contribution in [1.29, 1.82) is 0 Å². The molecule has 0 unspecified atom stereocenters. The van der Waals surface area contributed by atoms with Gasteiger partial charge in [-0.05, 0) is 41.3 Å². The lowest BCUT2D eigenvalue weighted by atomic mass is 10.0. The highest BCUT2D eigenvalue weighted by atomic mass is 35.5. The Morgan fingerprint density at radius 1 is 0.971 bits per heavy atom. The van der Waals surface area contributed by atoms with Crippen LogP contribution in [-0.4, -0.2) is 36.4 Å². The van der Waals surface area contributed by atoms with Crippen molar-refractivity contribution in [3.8, 4) is 5.75 Å². The van der Waals surface area contributed by atoms with Gasteiger partial charge in [-0.25, -0.2) is 0 Å². The smallest absolute Gasteiger partial charge is 0.243 e. The van der Waals surface area contributed by atoms with Crippen molar-refractivity contribution < 1.29 is 14.3 Å². The van der Waals surface area contributed by atoms with Crippen LogP contribution in [0.15, 0.2) is 78.9 Å². The van der Waals surface area contributed by atoms with Gasteiger partial charge in [0.25, 0.3) is 0 Å². The Kier molecular flexibility index (Phi) is 10.2. The van der Waals surface area contributed by atoms with Crippen LogP contribution in [0.1, 0.15) is 36.5 Å². The van der Waals surface area contributed by atoms with E-state index in [0.29, 0.717) is 23.7 Å². The highest BCUT2D eigenvalue weighted by Gasteiger charge is 2.30. The molecule has 1 atom stereocenters. The molecule has 0 spiro atoms. The molecule has 0 aliphatic carbocycles. The molecule has 3 aromatic carbocycles. The molecule has 0 fully saturated rings. The number of ether oxygens (including phenoxy) is 1. The van der Waals surface area contributed by atoms with Gasteiger partial charge in [-0.1, -0.05) is 85.6 Å². The van der Waals surface area contributed by atoms with E-state index in [1.165, 1.54) is 0 Å². The minimum Gasteiger partial charge on any atom is -0.497 e. The van der Waals surface area contributed by atoms with E-state index < -0.39 is 6.04 Å². The van der Waals surface area contributed by atoms with Crippen molar-refractivity contribution in [1.82, 2.24) is 10.2 Å². The maximum atomic E-state index is 13.7. The Labute approximate surface area is 213 Å². The Bertz CT molecular complexity index is 1100. The Morgan fingerprint density at radius 2 is 1.69 bits per heavy atom. The first kappa shape index (κ1) is 26.3. The van der Waals surface area contributed by atoms with Gasteiger partial charge in [-0.3, -0.25) is 9.59 Å². The number of unbranched alkanes of at least 4 members (excludes halogenated alkanes) is 1. The summed E-state index contributed by atoms with van der Waals surface area (Å²) in [6.45, 7) is 2.93. The lowest BCUT2D eigenvalue weighted by Crippen LogP contribution is -2.51. The average Bonchev–Trinajstić information content (AvgIpc) is 2.88. The number of carbonyl (C=O) groups excluding carboxylic acids is 2. The standard InChI is InChI=1S/C29H33ClN2O3/c1-3-4-17-31-29(34)27(19-22-11-6-5-7-12-22)32(21-23-13-10-15-25(18-23)35-2)28(33)20-24-14-8-9-16-26(24)30/h5-16,18,27H,3-4,17,19-21H2,1-2H3,(H,31,34)/t27-/m1/s1. The first-order valence-corrected chi connectivity index (χ1v) is 12.4. The van der Waals surface area contributed by atoms with Crippen molar-refractivity contribution in [2.24, 2.45) is 0 Å². The maximum Gasteiger partial charge on any atom is 0.243 e. The van der Waals surface area contributed by atoms with Gasteiger partial charge in [0.05, 0.1) is 13.5 Å². The monoisotopic (exact) mass is 492 g/mol. The SMILES string of the molecule is CCCCNC(=O)[C@@H](Cc1ccccc1)N(Cc1cccc(OC)c1)C(=O)Cc1ccccc1Cl. The molecular formula is C29H33ClN2O3. The fraction of sp³-hybridized carbons (Fsp3) is 0.310. The molecule has 0 aliphatic heterocycles. The normalized spacial score (nSPS) is 11.5. The molecule has 0 radical (unpaired) electrons. The maximum absolute atomic E-state index is 13.7. The highest BCUT2D eigenvalue weighted by Crippen LogP contribution is 2.21. The van der Waals surface area contributed by atoms with E-state index in [1.54, 1.807) is 18.1 Å². The molecule has 0 heterocycles. The Balaban J connectivity index is 1.96. The second-order valence-corrected chi connectivity index (χ2v) is 8.90. The molecule has 35 heavy (non-hydrogen) atoms. The van der Waals surface area contributed by atoms with E-state index in [2.05, 4.69) is 12.2 Å². The zero-order chi connectivity index (χ0) is 25.0. The van der Waals surface area contributed by atoms with Gasteiger partial charge in [0, 0.05) is 24.5 Å². The van der Waals surface area contributed by atoms with Crippen molar-refractivity contribution in [3.05, 3.63) is 101 Å². The third-order valence-corrected chi connectivity index (χ3v) is 6.26. The molecule has 184 valence electrons. The number of carbonyl (C=O) groups is 2. The van der Waals surface area contributed by atoms with Crippen LogP contribution in [0.3, 0.4) is 0 Å². The number of halogens is 1. The van der Waals surface area contributed by atoms with Gasteiger partial charge in [-0.15, -0.1) is 0 Å². The van der Waals surface area contributed by atoms with Crippen LogP contribution in [0.2, 0.25) is 5.02 Å². The summed E-state index contributed by atoms with van der Waals surface area (Å²) in [6.07, 6.45) is 2.38. The zero-order valence-corrected chi connectivity index (χ0v) is 21.1. The number of amides is 2.